The van der Waals surface area contributed by atoms with E-state index in [4.69, 9.17) is 0 Å². The Kier molecular flexibility index (Phi) is 3.71. The lowest BCUT2D eigenvalue weighted by molar-refractivity contribution is -0.140. The van der Waals surface area contributed by atoms with Gasteiger partial charge in [-0.25, -0.2) is 4.98 Å². The molecule has 0 radical (unpaired) electrons. The van der Waals surface area contributed by atoms with Gasteiger partial charge in [0.1, 0.15) is 5.82 Å². The van der Waals surface area contributed by atoms with E-state index in [1.165, 1.54) is 4.57 Å². The van der Waals surface area contributed by atoms with E-state index in [9.17, 15) is 13.2 Å². The maximum absolute atomic E-state index is 12.7. The standard InChI is InChI=1S/C13H12BrF3N2/c1-8(2)19-7-11(13(15,16)17)18-12(19)9-3-5-10(14)6-4-9/h3-8H,1-2H3. The van der Waals surface area contributed by atoms with Gasteiger partial charge in [-0.05, 0) is 26.0 Å². The molecule has 0 N–H and O–H groups in total. The van der Waals surface area contributed by atoms with Gasteiger partial charge in [0.25, 0.3) is 0 Å². The molecular weight excluding hydrogens is 321 g/mol. The first-order valence-corrected chi connectivity index (χ1v) is 6.50. The maximum atomic E-state index is 12.7. The van der Waals surface area contributed by atoms with Crippen molar-refractivity contribution in [3.63, 3.8) is 0 Å². The van der Waals surface area contributed by atoms with Crippen molar-refractivity contribution in [3.05, 3.63) is 40.6 Å². The molecule has 0 fully saturated rings. The minimum Gasteiger partial charge on any atom is -0.328 e. The van der Waals surface area contributed by atoms with Crippen LogP contribution < -0.4 is 0 Å². The van der Waals surface area contributed by atoms with E-state index < -0.39 is 11.9 Å². The van der Waals surface area contributed by atoms with E-state index in [-0.39, 0.29) is 6.04 Å². The van der Waals surface area contributed by atoms with Gasteiger partial charge in [-0.1, -0.05) is 28.1 Å². The van der Waals surface area contributed by atoms with Crippen LogP contribution in [0.2, 0.25) is 0 Å². The maximum Gasteiger partial charge on any atom is 0.434 e. The highest BCUT2D eigenvalue weighted by Crippen LogP contribution is 2.32. The molecule has 0 bridgehead atoms. The van der Waals surface area contributed by atoms with Crippen LogP contribution in [0.15, 0.2) is 34.9 Å². The summed E-state index contributed by atoms with van der Waals surface area (Å²) in [4.78, 5) is 3.73. The average Bonchev–Trinajstić information content (AvgIpc) is 2.74. The summed E-state index contributed by atoms with van der Waals surface area (Å²) in [6, 6.07) is 6.95. The van der Waals surface area contributed by atoms with Crippen LogP contribution >= 0.6 is 15.9 Å². The number of rotatable bonds is 2. The third-order valence-electron chi connectivity index (χ3n) is 2.68. The quantitative estimate of drug-likeness (QED) is 0.763. The van der Waals surface area contributed by atoms with Gasteiger partial charge in [0.05, 0.1) is 0 Å². The van der Waals surface area contributed by atoms with Crippen molar-refractivity contribution in [2.45, 2.75) is 26.1 Å². The SMILES string of the molecule is CC(C)n1cc(C(F)(F)F)nc1-c1ccc(Br)cc1. The van der Waals surface area contributed by atoms with Crippen LogP contribution in [0.3, 0.4) is 0 Å². The second-order valence-electron chi connectivity index (χ2n) is 4.46. The number of alkyl halides is 3. The van der Waals surface area contributed by atoms with Crippen LogP contribution in [0, 0.1) is 0 Å². The van der Waals surface area contributed by atoms with E-state index in [2.05, 4.69) is 20.9 Å². The topological polar surface area (TPSA) is 17.8 Å². The molecule has 19 heavy (non-hydrogen) atoms. The van der Waals surface area contributed by atoms with E-state index >= 15 is 0 Å². The van der Waals surface area contributed by atoms with Crippen molar-refractivity contribution in [1.29, 1.82) is 0 Å². The third-order valence-corrected chi connectivity index (χ3v) is 3.21. The molecule has 0 saturated heterocycles. The Bertz CT molecular complexity index is 571. The average molecular weight is 333 g/mol. The molecule has 0 atom stereocenters. The first-order chi connectivity index (χ1) is 8.79. The summed E-state index contributed by atoms with van der Waals surface area (Å²) in [5, 5.41) is 0. The normalized spacial score (nSPS) is 12.2. The van der Waals surface area contributed by atoms with Crippen LogP contribution in [-0.2, 0) is 6.18 Å². The largest absolute Gasteiger partial charge is 0.434 e. The van der Waals surface area contributed by atoms with Crippen molar-refractivity contribution in [3.8, 4) is 11.4 Å². The fourth-order valence-electron chi connectivity index (χ4n) is 1.74. The van der Waals surface area contributed by atoms with Crippen molar-refractivity contribution in [1.82, 2.24) is 9.55 Å². The van der Waals surface area contributed by atoms with Crippen LogP contribution in [0.1, 0.15) is 25.6 Å². The predicted octanol–water partition coefficient (Wildman–Crippen LogP) is 4.91. The Hall–Kier alpha value is -1.30. The number of nitrogens with zero attached hydrogens (tertiary/aromatic N) is 2. The van der Waals surface area contributed by atoms with E-state index in [1.54, 1.807) is 24.3 Å². The number of hydrogen-bond acceptors (Lipinski definition) is 1. The molecule has 0 aliphatic carbocycles. The van der Waals surface area contributed by atoms with Crippen LogP contribution in [0.4, 0.5) is 13.2 Å². The second kappa shape index (κ2) is 5.00. The molecule has 2 nitrogen and oxygen atoms in total. The lowest BCUT2D eigenvalue weighted by Crippen LogP contribution is -2.05. The van der Waals surface area contributed by atoms with Gasteiger partial charge in [0.2, 0.25) is 0 Å². The number of benzene rings is 1. The number of hydrogen-bond donors (Lipinski definition) is 0. The Morgan fingerprint density at radius 2 is 1.74 bits per heavy atom. The first kappa shape index (κ1) is 14.1. The van der Waals surface area contributed by atoms with Crippen LogP contribution in [-0.4, -0.2) is 9.55 Å². The van der Waals surface area contributed by atoms with Crippen molar-refractivity contribution in [2.75, 3.05) is 0 Å². The van der Waals surface area contributed by atoms with Gasteiger partial charge in [0, 0.05) is 22.3 Å². The van der Waals surface area contributed by atoms with Crippen molar-refractivity contribution in [2.24, 2.45) is 0 Å². The highest BCUT2D eigenvalue weighted by molar-refractivity contribution is 9.10. The second-order valence-corrected chi connectivity index (χ2v) is 5.37. The smallest absolute Gasteiger partial charge is 0.328 e. The highest BCUT2D eigenvalue weighted by Gasteiger charge is 2.35. The number of aromatic nitrogens is 2. The van der Waals surface area contributed by atoms with Gasteiger partial charge in [-0.3, -0.25) is 0 Å². The molecule has 1 heterocycles. The molecule has 0 spiro atoms. The molecule has 0 unspecified atom stereocenters. The summed E-state index contributed by atoms with van der Waals surface area (Å²) in [5.74, 6) is 0.329. The van der Waals surface area contributed by atoms with Gasteiger partial charge < -0.3 is 4.57 Å². The number of imidazole rings is 1. The van der Waals surface area contributed by atoms with Gasteiger partial charge >= 0.3 is 6.18 Å². The Morgan fingerprint density at radius 3 is 2.21 bits per heavy atom. The zero-order valence-corrected chi connectivity index (χ0v) is 12.0. The molecule has 0 aliphatic heterocycles. The summed E-state index contributed by atoms with van der Waals surface area (Å²) in [7, 11) is 0. The summed E-state index contributed by atoms with van der Waals surface area (Å²) >= 11 is 3.30. The Morgan fingerprint density at radius 1 is 1.16 bits per heavy atom. The Labute approximate surface area is 117 Å². The minimum absolute atomic E-state index is 0.0951. The summed E-state index contributed by atoms with van der Waals surface area (Å²) in [6.07, 6.45) is -3.37. The van der Waals surface area contributed by atoms with Crippen molar-refractivity contribution < 1.29 is 13.2 Å². The summed E-state index contributed by atoms with van der Waals surface area (Å²) in [5.41, 5.74) is -0.202. The first-order valence-electron chi connectivity index (χ1n) is 5.71. The molecule has 102 valence electrons. The minimum atomic E-state index is -4.43. The fourth-order valence-corrected chi connectivity index (χ4v) is 2.00. The van der Waals surface area contributed by atoms with Crippen LogP contribution in [0.25, 0.3) is 11.4 Å². The molecule has 0 amide bonds. The fraction of sp³-hybridized carbons (Fsp3) is 0.308. The lowest BCUT2D eigenvalue weighted by atomic mass is 10.2. The highest BCUT2D eigenvalue weighted by atomic mass is 79.9. The van der Waals surface area contributed by atoms with Crippen LogP contribution in [0.5, 0.6) is 0 Å². The molecule has 1 aromatic heterocycles. The van der Waals surface area contributed by atoms with E-state index in [0.29, 0.717) is 11.4 Å². The molecule has 2 rings (SSSR count). The molecule has 1 aromatic carbocycles. The molecule has 0 aliphatic rings. The zero-order chi connectivity index (χ0) is 14.2. The van der Waals surface area contributed by atoms with Crippen molar-refractivity contribution >= 4 is 15.9 Å². The molecule has 2 aromatic rings. The van der Waals surface area contributed by atoms with E-state index in [1.807, 2.05) is 13.8 Å². The Balaban J connectivity index is 2.55. The summed E-state index contributed by atoms with van der Waals surface area (Å²) < 4.78 is 40.6. The molecular formula is C13H12BrF3N2. The lowest BCUT2D eigenvalue weighted by Gasteiger charge is -2.11. The predicted molar refractivity (Wildman–Crippen MR) is 70.8 cm³/mol. The van der Waals surface area contributed by atoms with E-state index in [0.717, 1.165) is 10.7 Å². The molecule has 0 saturated carbocycles. The zero-order valence-electron chi connectivity index (χ0n) is 10.4. The van der Waals surface area contributed by atoms with Gasteiger partial charge in [0.15, 0.2) is 5.69 Å². The number of halogens is 4. The summed E-state index contributed by atoms with van der Waals surface area (Å²) in [6.45, 7) is 3.65. The van der Waals surface area contributed by atoms with Gasteiger partial charge in [-0.15, -0.1) is 0 Å². The molecule has 6 heteroatoms. The van der Waals surface area contributed by atoms with Gasteiger partial charge in [-0.2, -0.15) is 13.2 Å². The third kappa shape index (κ3) is 3.00. The monoisotopic (exact) mass is 332 g/mol.